The summed E-state index contributed by atoms with van der Waals surface area (Å²) < 4.78 is 33.3. The van der Waals surface area contributed by atoms with Crippen LogP contribution < -0.4 is 4.74 Å². The first kappa shape index (κ1) is 20.5. The molecule has 1 aromatic rings. The number of nitro groups is 1. The number of nitrogens with zero attached hydrogens (tertiary/aromatic N) is 1. The number of benzene rings is 1. The summed E-state index contributed by atoms with van der Waals surface area (Å²) >= 11 is 0. The summed E-state index contributed by atoms with van der Waals surface area (Å²) in [6.07, 6.45) is -2.37. The van der Waals surface area contributed by atoms with Gasteiger partial charge in [0.15, 0.2) is 11.6 Å². The molecule has 3 unspecified atom stereocenters. The van der Waals surface area contributed by atoms with E-state index in [1.165, 1.54) is 24.3 Å². The molecule has 0 radical (unpaired) electrons. The van der Waals surface area contributed by atoms with Crippen LogP contribution in [-0.4, -0.2) is 54.2 Å². The third-order valence-corrected chi connectivity index (χ3v) is 4.23. The summed E-state index contributed by atoms with van der Waals surface area (Å²) in [6, 6.07) is 5.08. The van der Waals surface area contributed by atoms with Gasteiger partial charge in [-0.1, -0.05) is 0 Å². The van der Waals surface area contributed by atoms with Crippen molar-refractivity contribution in [1.29, 1.82) is 0 Å². The fourth-order valence-corrected chi connectivity index (χ4v) is 3.10. The van der Waals surface area contributed by atoms with E-state index in [1.807, 2.05) is 0 Å². The van der Waals surface area contributed by atoms with Crippen LogP contribution in [0.5, 0.6) is 5.75 Å². The molecule has 3 atom stereocenters. The number of carbonyl (C=O) groups is 1. The summed E-state index contributed by atoms with van der Waals surface area (Å²) in [6.45, 7) is 7.36. The molecular formula is C18H23NO9. The summed E-state index contributed by atoms with van der Waals surface area (Å²) in [7, 11) is 0. The highest BCUT2D eigenvalue weighted by Gasteiger charge is 2.50. The van der Waals surface area contributed by atoms with Crippen LogP contribution in [0, 0.1) is 10.1 Å². The maximum atomic E-state index is 11.9. The lowest BCUT2D eigenvalue weighted by Gasteiger charge is -2.23. The lowest BCUT2D eigenvalue weighted by Crippen LogP contribution is -2.40. The molecular weight excluding hydrogens is 374 g/mol. The smallest absolute Gasteiger partial charge is 0.431 e. The molecule has 154 valence electrons. The highest BCUT2D eigenvalue weighted by Crippen LogP contribution is 2.35. The SMILES string of the molecule is CC1(C)OCC(C2OC(C)(C)OC2COC(=O)Oc2ccc([N+](=O)[O-])cc2)O1. The van der Waals surface area contributed by atoms with Gasteiger partial charge in [0, 0.05) is 12.1 Å². The van der Waals surface area contributed by atoms with Crippen LogP contribution in [0.25, 0.3) is 0 Å². The van der Waals surface area contributed by atoms with Crippen molar-refractivity contribution in [1.82, 2.24) is 0 Å². The van der Waals surface area contributed by atoms with E-state index in [-0.39, 0.29) is 24.1 Å². The molecule has 10 heteroatoms. The maximum Gasteiger partial charge on any atom is 0.513 e. The highest BCUT2D eigenvalue weighted by molar-refractivity contribution is 5.64. The second-order valence-corrected chi connectivity index (χ2v) is 7.42. The minimum atomic E-state index is -0.954. The van der Waals surface area contributed by atoms with Gasteiger partial charge in [-0.3, -0.25) is 10.1 Å². The molecule has 2 aliphatic rings. The van der Waals surface area contributed by atoms with Crippen molar-refractivity contribution >= 4 is 11.8 Å². The van der Waals surface area contributed by atoms with E-state index in [1.54, 1.807) is 27.7 Å². The Bertz CT molecular complexity index is 731. The zero-order valence-electron chi connectivity index (χ0n) is 16.1. The third-order valence-electron chi connectivity index (χ3n) is 4.23. The number of carbonyl (C=O) groups excluding carboxylic acids is 1. The van der Waals surface area contributed by atoms with Crippen molar-refractivity contribution in [3.05, 3.63) is 34.4 Å². The Morgan fingerprint density at radius 1 is 1.14 bits per heavy atom. The quantitative estimate of drug-likeness (QED) is 0.320. The second kappa shape index (κ2) is 7.63. The molecule has 0 bridgehead atoms. The molecule has 0 spiro atoms. The van der Waals surface area contributed by atoms with E-state index in [9.17, 15) is 14.9 Å². The van der Waals surface area contributed by atoms with Crippen molar-refractivity contribution in [2.24, 2.45) is 0 Å². The van der Waals surface area contributed by atoms with Crippen LogP contribution in [0.2, 0.25) is 0 Å². The summed E-state index contributed by atoms with van der Waals surface area (Å²) in [5, 5.41) is 10.6. The molecule has 2 heterocycles. The van der Waals surface area contributed by atoms with Crippen LogP contribution in [0.3, 0.4) is 0 Å². The monoisotopic (exact) mass is 397 g/mol. The zero-order chi connectivity index (χ0) is 20.5. The van der Waals surface area contributed by atoms with Crippen molar-refractivity contribution in [3.8, 4) is 5.75 Å². The minimum absolute atomic E-state index is 0.107. The van der Waals surface area contributed by atoms with Gasteiger partial charge in [-0.05, 0) is 39.8 Å². The van der Waals surface area contributed by atoms with Gasteiger partial charge >= 0.3 is 6.16 Å². The predicted octanol–water partition coefficient (Wildman–Crippen LogP) is 2.78. The number of ether oxygens (including phenoxy) is 6. The minimum Gasteiger partial charge on any atom is -0.431 e. The average Bonchev–Trinajstić information content (AvgIpc) is 3.11. The van der Waals surface area contributed by atoms with Crippen LogP contribution in [0.4, 0.5) is 10.5 Å². The standard InChI is InChI=1S/C18H23NO9/c1-17(2)24-10-14(26-17)15-13(27-18(3,4)28-15)9-23-16(20)25-12-7-5-11(6-8-12)19(21)22/h5-8,13-15H,9-10H2,1-4H3. The Labute approximate surface area is 161 Å². The van der Waals surface area contributed by atoms with Gasteiger partial charge in [0.05, 0.1) is 11.5 Å². The molecule has 0 amide bonds. The lowest BCUT2D eigenvalue weighted by molar-refractivity contribution is -0.384. The zero-order valence-corrected chi connectivity index (χ0v) is 16.1. The van der Waals surface area contributed by atoms with Crippen LogP contribution >= 0.6 is 0 Å². The van der Waals surface area contributed by atoms with E-state index in [0.717, 1.165) is 0 Å². The fraction of sp³-hybridized carbons (Fsp3) is 0.611. The molecule has 1 aromatic carbocycles. The van der Waals surface area contributed by atoms with Crippen molar-refractivity contribution in [2.75, 3.05) is 13.2 Å². The molecule has 0 aromatic heterocycles. The largest absolute Gasteiger partial charge is 0.513 e. The van der Waals surface area contributed by atoms with Gasteiger partial charge in [0.25, 0.3) is 5.69 Å². The topological polar surface area (TPSA) is 116 Å². The van der Waals surface area contributed by atoms with Gasteiger partial charge in [-0.25, -0.2) is 4.79 Å². The van der Waals surface area contributed by atoms with Crippen LogP contribution in [-0.2, 0) is 23.7 Å². The normalized spacial score (nSPS) is 28.1. The van der Waals surface area contributed by atoms with E-state index < -0.39 is 34.9 Å². The van der Waals surface area contributed by atoms with Gasteiger partial charge in [-0.2, -0.15) is 0 Å². The molecule has 28 heavy (non-hydrogen) atoms. The summed E-state index contributed by atoms with van der Waals surface area (Å²) in [4.78, 5) is 22.1. The van der Waals surface area contributed by atoms with E-state index in [4.69, 9.17) is 28.4 Å². The second-order valence-electron chi connectivity index (χ2n) is 7.42. The van der Waals surface area contributed by atoms with Crippen molar-refractivity contribution in [3.63, 3.8) is 0 Å². The first-order valence-electron chi connectivity index (χ1n) is 8.81. The van der Waals surface area contributed by atoms with E-state index >= 15 is 0 Å². The Kier molecular flexibility index (Phi) is 5.57. The highest BCUT2D eigenvalue weighted by atomic mass is 16.8. The molecule has 3 rings (SSSR count). The molecule has 2 fully saturated rings. The van der Waals surface area contributed by atoms with Crippen molar-refractivity contribution in [2.45, 2.75) is 57.6 Å². The van der Waals surface area contributed by atoms with Gasteiger partial charge < -0.3 is 28.4 Å². The number of nitro benzene ring substituents is 1. The maximum absolute atomic E-state index is 11.9. The molecule has 10 nitrogen and oxygen atoms in total. The van der Waals surface area contributed by atoms with Gasteiger partial charge in [0.1, 0.15) is 30.7 Å². The van der Waals surface area contributed by atoms with Crippen molar-refractivity contribution < 1.29 is 38.1 Å². The van der Waals surface area contributed by atoms with E-state index in [2.05, 4.69) is 0 Å². The summed E-state index contributed by atoms with van der Waals surface area (Å²) in [5.74, 6) is -1.46. The number of rotatable bonds is 5. The lowest BCUT2D eigenvalue weighted by atomic mass is 10.1. The van der Waals surface area contributed by atoms with Crippen LogP contribution in [0.15, 0.2) is 24.3 Å². The molecule has 2 saturated heterocycles. The summed E-state index contributed by atoms with van der Waals surface area (Å²) in [5.41, 5.74) is -0.107. The first-order valence-corrected chi connectivity index (χ1v) is 8.81. The first-order chi connectivity index (χ1) is 13.0. The predicted molar refractivity (Wildman–Crippen MR) is 93.8 cm³/mol. The molecule has 0 aliphatic carbocycles. The Hall–Kier alpha value is -2.27. The third kappa shape index (κ3) is 4.96. The van der Waals surface area contributed by atoms with Crippen LogP contribution in [0.1, 0.15) is 27.7 Å². The Morgan fingerprint density at radius 2 is 1.82 bits per heavy atom. The van der Waals surface area contributed by atoms with Gasteiger partial charge in [-0.15, -0.1) is 0 Å². The number of hydrogen-bond donors (Lipinski definition) is 0. The fourth-order valence-electron chi connectivity index (χ4n) is 3.10. The van der Waals surface area contributed by atoms with Gasteiger partial charge in [0.2, 0.25) is 0 Å². The molecule has 0 N–H and O–H groups in total. The Balaban J connectivity index is 1.55. The molecule has 2 aliphatic heterocycles. The molecule has 0 saturated carbocycles. The average molecular weight is 397 g/mol. The van der Waals surface area contributed by atoms with E-state index in [0.29, 0.717) is 6.61 Å². The number of non-ortho nitro benzene ring substituents is 1. The Morgan fingerprint density at radius 3 is 2.39 bits per heavy atom. The number of hydrogen-bond acceptors (Lipinski definition) is 9.